The number of benzene rings is 1. The lowest BCUT2D eigenvalue weighted by atomic mass is 10.1. The van der Waals surface area contributed by atoms with E-state index in [2.05, 4.69) is 15.9 Å². The van der Waals surface area contributed by atoms with Crippen LogP contribution >= 0.6 is 15.9 Å². The smallest absolute Gasteiger partial charge is 0.307 e. The van der Waals surface area contributed by atoms with Gasteiger partial charge in [-0.2, -0.15) is 4.39 Å². The molecule has 7 heteroatoms. The van der Waals surface area contributed by atoms with E-state index in [0.717, 1.165) is 6.07 Å². The quantitative estimate of drug-likeness (QED) is 0.678. The van der Waals surface area contributed by atoms with E-state index < -0.39 is 28.8 Å². The zero-order valence-corrected chi connectivity index (χ0v) is 8.82. The molecule has 0 spiro atoms. The molecule has 1 rings (SSSR count). The summed E-state index contributed by atoms with van der Waals surface area (Å²) in [5.41, 5.74) is -0.953. The van der Waals surface area contributed by atoms with Gasteiger partial charge in [0.25, 0.3) is 0 Å². The average Bonchev–Trinajstić information content (AvgIpc) is 2.11. The van der Waals surface area contributed by atoms with Gasteiger partial charge in [0.05, 0.1) is 11.3 Å². The van der Waals surface area contributed by atoms with Crippen LogP contribution in [0.5, 0.6) is 0 Å². The molecule has 0 aliphatic rings. The second-order valence-electron chi connectivity index (χ2n) is 2.69. The Morgan fingerprint density at radius 1 is 1.60 bits per heavy atom. The van der Waals surface area contributed by atoms with E-state index in [4.69, 9.17) is 5.11 Å². The van der Waals surface area contributed by atoms with E-state index in [-0.39, 0.29) is 10.0 Å². The van der Waals surface area contributed by atoms with Crippen LogP contribution in [-0.2, 0) is 11.2 Å². The maximum atomic E-state index is 13.4. The van der Waals surface area contributed by atoms with Crippen LogP contribution in [0.4, 0.5) is 10.1 Å². The largest absolute Gasteiger partial charge is 0.481 e. The number of carboxylic acids is 1. The zero-order valence-electron chi connectivity index (χ0n) is 7.24. The Kier molecular flexibility index (Phi) is 3.35. The molecule has 0 atom stereocenters. The number of aliphatic carboxylic acids is 1. The average molecular weight is 278 g/mol. The van der Waals surface area contributed by atoms with Gasteiger partial charge < -0.3 is 5.11 Å². The lowest BCUT2D eigenvalue weighted by Gasteiger charge is -2.03. The summed E-state index contributed by atoms with van der Waals surface area (Å²) < 4.78 is 13.6. The van der Waals surface area contributed by atoms with Gasteiger partial charge in [0, 0.05) is 16.1 Å². The van der Waals surface area contributed by atoms with Crippen molar-refractivity contribution in [2.45, 2.75) is 6.42 Å². The Bertz CT molecular complexity index is 435. The van der Waals surface area contributed by atoms with Gasteiger partial charge in [-0.05, 0) is 6.07 Å². The van der Waals surface area contributed by atoms with Crippen molar-refractivity contribution in [2.24, 2.45) is 0 Å². The Labute approximate surface area is 91.8 Å². The Morgan fingerprint density at radius 3 is 2.67 bits per heavy atom. The molecule has 0 aliphatic carbocycles. The Hall–Kier alpha value is -1.50. The molecule has 0 fully saturated rings. The summed E-state index contributed by atoms with van der Waals surface area (Å²) in [6.45, 7) is 0. The molecule has 0 aromatic heterocycles. The molecule has 1 aromatic carbocycles. The van der Waals surface area contributed by atoms with E-state index in [1.165, 1.54) is 6.07 Å². The maximum absolute atomic E-state index is 13.4. The number of nitro benzene ring substituents is 1. The van der Waals surface area contributed by atoms with Crippen LogP contribution in [-0.4, -0.2) is 16.0 Å². The standard InChI is InChI=1S/C8H5BrFNO4/c9-5-1-2-6(11(14)15)8(10)4(5)3-7(12)13/h1-2H,3H2,(H,12,13). The minimum absolute atomic E-state index is 0.202. The van der Waals surface area contributed by atoms with Crippen LogP contribution < -0.4 is 0 Å². The summed E-state index contributed by atoms with van der Waals surface area (Å²) in [5.74, 6) is -2.37. The number of hydrogen-bond donors (Lipinski definition) is 1. The second kappa shape index (κ2) is 4.35. The molecule has 0 unspecified atom stereocenters. The van der Waals surface area contributed by atoms with E-state index in [1.54, 1.807) is 0 Å². The molecule has 0 saturated heterocycles. The number of nitro groups is 1. The van der Waals surface area contributed by atoms with Gasteiger partial charge in [0.2, 0.25) is 5.82 Å². The molecule has 1 aromatic rings. The summed E-state index contributed by atoms with van der Waals surface area (Å²) in [7, 11) is 0. The van der Waals surface area contributed by atoms with Crippen LogP contribution in [0.3, 0.4) is 0 Å². The third-order valence-corrected chi connectivity index (χ3v) is 2.43. The normalized spacial score (nSPS) is 10.0. The van der Waals surface area contributed by atoms with Crippen LogP contribution in [0.2, 0.25) is 0 Å². The van der Waals surface area contributed by atoms with Crippen molar-refractivity contribution in [2.75, 3.05) is 0 Å². The van der Waals surface area contributed by atoms with Crippen molar-refractivity contribution < 1.29 is 19.2 Å². The van der Waals surface area contributed by atoms with Gasteiger partial charge in [-0.25, -0.2) is 0 Å². The molecule has 0 saturated carbocycles. The van der Waals surface area contributed by atoms with Crippen molar-refractivity contribution in [3.63, 3.8) is 0 Å². The summed E-state index contributed by atoms with van der Waals surface area (Å²) >= 11 is 2.93. The molecular weight excluding hydrogens is 273 g/mol. The molecule has 0 amide bonds. The second-order valence-corrected chi connectivity index (χ2v) is 3.54. The summed E-state index contributed by atoms with van der Waals surface area (Å²) in [4.78, 5) is 19.9. The Balaban J connectivity index is 3.29. The van der Waals surface area contributed by atoms with Crippen molar-refractivity contribution in [1.29, 1.82) is 0 Å². The molecule has 15 heavy (non-hydrogen) atoms. The number of hydrogen-bond acceptors (Lipinski definition) is 3. The minimum Gasteiger partial charge on any atom is -0.481 e. The van der Waals surface area contributed by atoms with Gasteiger partial charge in [0.15, 0.2) is 0 Å². The number of nitrogens with zero attached hydrogens (tertiary/aromatic N) is 1. The van der Waals surface area contributed by atoms with E-state index >= 15 is 0 Å². The molecule has 5 nitrogen and oxygen atoms in total. The molecule has 80 valence electrons. The fourth-order valence-electron chi connectivity index (χ4n) is 1.04. The number of halogens is 2. The first-order valence-corrected chi connectivity index (χ1v) is 4.56. The molecule has 0 bridgehead atoms. The third kappa shape index (κ3) is 2.50. The monoisotopic (exact) mass is 277 g/mol. The van der Waals surface area contributed by atoms with E-state index in [0.29, 0.717) is 0 Å². The fraction of sp³-hybridized carbons (Fsp3) is 0.125. The molecule has 0 radical (unpaired) electrons. The molecule has 0 aliphatic heterocycles. The first-order valence-electron chi connectivity index (χ1n) is 3.76. The zero-order chi connectivity index (χ0) is 11.6. The maximum Gasteiger partial charge on any atom is 0.307 e. The van der Waals surface area contributed by atoms with Crippen LogP contribution in [0, 0.1) is 15.9 Å². The van der Waals surface area contributed by atoms with Crippen LogP contribution in [0.25, 0.3) is 0 Å². The number of rotatable bonds is 3. The topological polar surface area (TPSA) is 80.4 Å². The van der Waals surface area contributed by atoms with Crippen LogP contribution in [0.1, 0.15) is 5.56 Å². The Morgan fingerprint density at radius 2 is 2.20 bits per heavy atom. The summed E-state index contributed by atoms with van der Waals surface area (Å²) in [6, 6.07) is 2.23. The third-order valence-electron chi connectivity index (χ3n) is 1.69. The van der Waals surface area contributed by atoms with Crippen LogP contribution in [0.15, 0.2) is 16.6 Å². The number of carboxylic acid groups (broad SMARTS) is 1. The predicted molar refractivity (Wildman–Crippen MR) is 52.1 cm³/mol. The number of carbonyl (C=O) groups is 1. The van der Waals surface area contributed by atoms with Gasteiger partial charge in [-0.1, -0.05) is 15.9 Å². The van der Waals surface area contributed by atoms with Crippen molar-refractivity contribution >= 4 is 27.6 Å². The molecule has 1 N–H and O–H groups in total. The molecule has 0 heterocycles. The summed E-state index contributed by atoms with van der Waals surface area (Å²) in [5, 5.41) is 18.9. The van der Waals surface area contributed by atoms with Gasteiger partial charge in [0.1, 0.15) is 0 Å². The lowest BCUT2D eigenvalue weighted by Crippen LogP contribution is -2.05. The minimum atomic E-state index is -1.25. The fourth-order valence-corrected chi connectivity index (χ4v) is 1.49. The van der Waals surface area contributed by atoms with E-state index in [9.17, 15) is 19.3 Å². The van der Waals surface area contributed by atoms with E-state index in [1.807, 2.05) is 0 Å². The predicted octanol–water partition coefficient (Wildman–Crippen LogP) is 2.12. The van der Waals surface area contributed by atoms with Crippen molar-refractivity contribution in [3.05, 3.63) is 38.1 Å². The molecular formula is C8H5BrFNO4. The highest BCUT2D eigenvalue weighted by atomic mass is 79.9. The highest BCUT2D eigenvalue weighted by Gasteiger charge is 2.21. The van der Waals surface area contributed by atoms with Gasteiger partial charge in [-0.15, -0.1) is 0 Å². The highest BCUT2D eigenvalue weighted by Crippen LogP contribution is 2.27. The SMILES string of the molecule is O=C(O)Cc1c(Br)ccc([N+](=O)[O-])c1F. The summed E-state index contributed by atoms with van der Waals surface area (Å²) in [6.07, 6.45) is -0.603. The van der Waals surface area contributed by atoms with Gasteiger partial charge >= 0.3 is 11.7 Å². The lowest BCUT2D eigenvalue weighted by molar-refractivity contribution is -0.387. The van der Waals surface area contributed by atoms with Gasteiger partial charge in [-0.3, -0.25) is 14.9 Å². The van der Waals surface area contributed by atoms with Crippen molar-refractivity contribution in [3.8, 4) is 0 Å². The van der Waals surface area contributed by atoms with Crippen molar-refractivity contribution in [1.82, 2.24) is 0 Å². The first kappa shape index (κ1) is 11.6. The highest BCUT2D eigenvalue weighted by molar-refractivity contribution is 9.10. The first-order chi connectivity index (χ1) is 6.93.